The van der Waals surface area contributed by atoms with E-state index in [1.807, 2.05) is 0 Å². The van der Waals surface area contributed by atoms with Crippen LogP contribution in [-0.4, -0.2) is 37.6 Å². The number of rotatable bonds is 5. The molecule has 2 aliphatic carbocycles. The summed E-state index contributed by atoms with van der Waals surface area (Å²) in [5.41, 5.74) is 0. The Kier molecular flexibility index (Phi) is 4.05. The summed E-state index contributed by atoms with van der Waals surface area (Å²) >= 11 is 0. The molecule has 2 bridgehead atoms. The lowest BCUT2D eigenvalue weighted by Crippen LogP contribution is -2.38. The second-order valence-corrected chi connectivity index (χ2v) is 6.58. The van der Waals surface area contributed by atoms with Crippen LogP contribution < -0.4 is 5.32 Å². The Morgan fingerprint density at radius 1 is 1.11 bits per heavy atom. The lowest BCUT2D eigenvalue weighted by atomic mass is 9.92. The van der Waals surface area contributed by atoms with E-state index in [4.69, 9.17) is 0 Å². The Labute approximate surface area is 112 Å². The molecule has 1 saturated carbocycles. The fourth-order valence-electron chi connectivity index (χ4n) is 4.11. The Morgan fingerprint density at radius 2 is 1.94 bits per heavy atom. The number of nitrogens with one attached hydrogen (secondary N) is 1. The summed E-state index contributed by atoms with van der Waals surface area (Å²) in [4.78, 5) is 2.58. The molecule has 3 aliphatic rings. The van der Waals surface area contributed by atoms with Gasteiger partial charge in [0.05, 0.1) is 0 Å². The average Bonchev–Trinajstić information content (AvgIpc) is 3.02. The van der Waals surface area contributed by atoms with Gasteiger partial charge in [0.2, 0.25) is 0 Å². The molecule has 0 spiro atoms. The molecule has 3 atom stereocenters. The van der Waals surface area contributed by atoms with Gasteiger partial charge in [0.15, 0.2) is 0 Å². The predicted octanol–water partition coefficient (Wildman–Crippen LogP) is 2.52. The lowest BCUT2D eigenvalue weighted by Gasteiger charge is -2.31. The highest BCUT2D eigenvalue weighted by Gasteiger charge is 2.35. The Hall–Kier alpha value is -0.340. The summed E-state index contributed by atoms with van der Waals surface area (Å²) in [7, 11) is 0. The standard InChI is InChI=1S/C16H28N2/c1-2-18-7-5-13(6-8-18)11-17-12-16-10-14-3-4-15(16)9-14/h3-4,13-17H,2,5-12H2,1H3. The molecule has 0 aromatic carbocycles. The van der Waals surface area contributed by atoms with Crippen molar-refractivity contribution in [2.24, 2.45) is 23.7 Å². The van der Waals surface area contributed by atoms with Crippen molar-refractivity contribution >= 4 is 0 Å². The molecular weight excluding hydrogens is 220 g/mol. The molecule has 0 aromatic rings. The third-order valence-corrected chi connectivity index (χ3v) is 5.41. The van der Waals surface area contributed by atoms with Crippen LogP contribution in [-0.2, 0) is 0 Å². The molecule has 2 nitrogen and oxygen atoms in total. The number of allylic oxidation sites excluding steroid dienone is 2. The zero-order chi connectivity index (χ0) is 12.4. The maximum Gasteiger partial charge on any atom is -0.00146 e. The van der Waals surface area contributed by atoms with Gasteiger partial charge in [-0.05, 0) is 82.1 Å². The maximum atomic E-state index is 3.76. The first-order valence-electron chi connectivity index (χ1n) is 7.96. The molecule has 2 heteroatoms. The van der Waals surface area contributed by atoms with Gasteiger partial charge in [-0.3, -0.25) is 0 Å². The lowest BCUT2D eigenvalue weighted by molar-refractivity contribution is 0.188. The van der Waals surface area contributed by atoms with E-state index in [1.165, 1.54) is 58.4 Å². The van der Waals surface area contributed by atoms with Gasteiger partial charge in [-0.1, -0.05) is 19.1 Å². The number of hydrogen-bond acceptors (Lipinski definition) is 2. The molecule has 102 valence electrons. The molecule has 1 heterocycles. The predicted molar refractivity (Wildman–Crippen MR) is 76.6 cm³/mol. The summed E-state index contributed by atoms with van der Waals surface area (Å²) < 4.78 is 0. The van der Waals surface area contributed by atoms with Gasteiger partial charge in [0.25, 0.3) is 0 Å². The highest BCUT2D eigenvalue weighted by Crippen LogP contribution is 2.42. The molecule has 18 heavy (non-hydrogen) atoms. The van der Waals surface area contributed by atoms with E-state index in [2.05, 4.69) is 29.3 Å². The fourth-order valence-corrected chi connectivity index (χ4v) is 4.11. The summed E-state index contributed by atoms with van der Waals surface area (Å²) in [6, 6.07) is 0. The summed E-state index contributed by atoms with van der Waals surface area (Å²) in [5.74, 6) is 3.71. The number of nitrogens with zero attached hydrogens (tertiary/aromatic N) is 1. The van der Waals surface area contributed by atoms with E-state index < -0.39 is 0 Å². The Morgan fingerprint density at radius 3 is 2.56 bits per heavy atom. The van der Waals surface area contributed by atoms with Crippen LogP contribution >= 0.6 is 0 Å². The van der Waals surface area contributed by atoms with Crippen LogP contribution in [0.25, 0.3) is 0 Å². The topological polar surface area (TPSA) is 15.3 Å². The molecule has 3 unspecified atom stereocenters. The average molecular weight is 248 g/mol. The van der Waals surface area contributed by atoms with E-state index in [0.29, 0.717) is 0 Å². The van der Waals surface area contributed by atoms with Crippen LogP contribution in [0.4, 0.5) is 0 Å². The molecule has 1 N–H and O–H groups in total. The van der Waals surface area contributed by atoms with E-state index in [9.17, 15) is 0 Å². The van der Waals surface area contributed by atoms with Crippen molar-refractivity contribution in [2.75, 3.05) is 32.7 Å². The van der Waals surface area contributed by atoms with Crippen LogP contribution in [0.5, 0.6) is 0 Å². The Balaban J connectivity index is 1.32. The second kappa shape index (κ2) is 5.75. The highest BCUT2D eigenvalue weighted by molar-refractivity contribution is 5.10. The summed E-state index contributed by atoms with van der Waals surface area (Å²) in [6.07, 6.45) is 10.6. The minimum atomic E-state index is 0.907. The van der Waals surface area contributed by atoms with Crippen molar-refractivity contribution in [3.63, 3.8) is 0 Å². The second-order valence-electron chi connectivity index (χ2n) is 6.58. The van der Waals surface area contributed by atoms with E-state index in [-0.39, 0.29) is 0 Å². The van der Waals surface area contributed by atoms with Gasteiger partial charge in [-0.2, -0.15) is 0 Å². The maximum absolute atomic E-state index is 3.76. The quantitative estimate of drug-likeness (QED) is 0.752. The fraction of sp³-hybridized carbons (Fsp3) is 0.875. The summed E-state index contributed by atoms with van der Waals surface area (Å²) in [5, 5.41) is 3.76. The molecule has 3 rings (SSSR count). The minimum absolute atomic E-state index is 0.907. The van der Waals surface area contributed by atoms with Crippen LogP contribution in [0.15, 0.2) is 12.2 Å². The molecule has 0 amide bonds. The van der Waals surface area contributed by atoms with Crippen LogP contribution in [0.3, 0.4) is 0 Å². The number of piperidine rings is 1. The van der Waals surface area contributed by atoms with Crippen molar-refractivity contribution < 1.29 is 0 Å². The van der Waals surface area contributed by atoms with Crippen molar-refractivity contribution in [3.05, 3.63) is 12.2 Å². The van der Waals surface area contributed by atoms with E-state index >= 15 is 0 Å². The molecular formula is C16H28N2. The largest absolute Gasteiger partial charge is 0.316 e. The molecule has 2 fully saturated rings. The first-order valence-corrected chi connectivity index (χ1v) is 7.96. The van der Waals surface area contributed by atoms with Crippen LogP contribution in [0, 0.1) is 23.7 Å². The van der Waals surface area contributed by atoms with Crippen molar-refractivity contribution in [2.45, 2.75) is 32.6 Å². The number of hydrogen-bond donors (Lipinski definition) is 1. The monoisotopic (exact) mass is 248 g/mol. The van der Waals surface area contributed by atoms with Crippen molar-refractivity contribution in [1.82, 2.24) is 10.2 Å². The number of likely N-dealkylation sites (tertiary alicyclic amines) is 1. The van der Waals surface area contributed by atoms with Crippen LogP contribution in [0.1, 0.15) is 32.6 Å². The zero-order valence-corrected chi connectivity index (χ0v) is 11.8. The van der Waals surface area contributed by atoms with Gasteiger partial charge >= 0.3 is 0 Å². The Bertz CT molecular complexity index is 291. The van der Waals surface area contributed by atoms with Gasteiger partial charge in [-0.25, -0.2) is 0 Å². The van der Waals surface area contributed by atoms with E-state index in [0.717, 1.165) is 23.7 Å². The van der Waals surface area contributed by atoms with Gasteiger partial charge in [0, 0.05) is 0 Å². The molecule has 0 aromatic heterocycles. The molecule has 1 saturated heterocycles. The molecule has 0 radical (unpaired) electrons. The van der Waals surface area contributed by atoms with Gasteiger partial charge < -0.3 is 10.2 Å². The van der Waals surface area contributed by atoms with Gasteiger partial charge in [0.1, 0.15) is 0 Å². The number of fused-ring (bicyclic) bond motifs is 2. The third kappa shape index (κ3) is 2.80. The summed E-state index contributed by atoms with van der Waals surface area (Å²) in [6.45, 7) is 8.67. The minimum Gasteiger partial charge on any atom is -0.316 e. The zero-order valence-electron chi connectivity index (χ0n) is 11.8. The first kappa shape index (κ1) is 12.7. The highest BCUT2D eigenvalue weighted by atomic mass is 15.1. The van der Waals surface area contributed by atoms with E-state index in [1.54, 1.807) is 0 Å². The smallest absolute Gasteiger partial charge is 0.00146 e. The SMILES string of the molecule is CCN1CCC(CNCC2CC3C=CC2C3)CC1. The normalized spacial score (nSPS) is 36.6. The van der Waals surface area contributed by atoms with Crippen molar-refractivity contribution in [3.8, 4) is 0 Å². The molecule has 1 aliphatic heterocycles. The van der Waals surface area contributed by atoms with Gasteiger partial charge in [-0.15, -0.1) is 0 Å². The van der Waals surface area contributed by atoms with Crippen LogP contribution in [0.2, 0.25) is 0 Å². The third-order valence-electron chi connectivity index (χ3n) is 5.41. The van der Waals surface area contributed by atoms with Crippen molar-refractivity contribution in [1.29, 1.82) is 0 Å². The first-order chi connectivity index (χ1) is 8.85.